The molecule has 0 aliphatic carbocycles. The highest BCUT2D eigenvalue weighted by molar-refractivity contribution is 7.92. The molecule has 0 fully saturated rings. The zero-order valence-electron chi connectivity index (χ0n) is 15.0. The topological polar surface area (TPSA) is 92.8 Å². The van der Waals surface area contributed by atoms with Crippen molar-refractivity contribution < 1.29 is 22.7 Å². The van der Waals surface area contributed by atoms with E-state index in [1.54, 1.807) is 32.3 Å². The number of amides is 1. The molecule has 27 heavy (non-hydrogen) atoms. The maximum atomic E-state index is 12.5. The highest BCUT2D eigenvalue weighted by atomic mass is 35.5. The van der Waals surface area contributed by atoms with E-state index >= 15 is 0 Å². The predicted octanol–water partition coefficient (Wildman–Crippen LogP) is 2.77. The van der Waals surface area contributed by atoms with Gasteiger partial charge in [-0.05, 0) is 43.3 Å². The summed E-state index contributed by atoms with van der Waals surface area (Å²) in [6.07, 6.45) is -0.989. The number of carbonyl (C=O) groups is 2. The van der Waals surface area contributed by atoms with Gasteiger partial charge in [-0.25, -0.2) is 13.2 Å². The van der Waals surface area contributed by atoms with E-state index in [4.69, 9.17) is 16.3 Å². The maximum Gasteiger partial charge on any atom is 0.338 e. The summed E-state index contributed by atoms with van der Waals surface area (Å²) in [4.78, 5) is 25.2. The van der Waals surface area contributed by atoms with E-state index in [2.05, 4.69) is 4.72 Å². The summed E-state index contributed by atoms with van der Waals surface area (Å²) in [7, 11) is -0.850. The van der Waals surface area contributed by atoms with Crippen LogP contribution >= 0.6 is 11.6 Å². The zero-order valence-corrected chi connectivity index (χ0v) is 16.5. The Bertz CT molecular complexity index is 960. The molecule has 0 radical (unpaired) electrons. The van der Waals surface area contributed by atoms with Gasteiger partial charge in [-0.2, -0.15) is 0 Å². The van der Waals surface area contributed by atoms with Crippen molar-refractivity contribution in [3.05, 3.63) is 59.1 Å². The van der Waals surface area contributed by atoms with E-state index in [0.29, 0.717) is 10.7 Å². The lowest BCUT2D eigenvalue weighted by atomic mass is 10.2. The van der Waals surface area contributed by atoms with E-state index in [1.165, 1.54) is 42.2 Å². The first-order valence-electron chi connectivity index (χ1n) is 7.91. The average Bonchev–Trinajstić information content (AvgIpc) is 2.60. The molecule has 0 aliphatic rings. The van der Waals surface area contributed by atoms with E-state index in [1.807, 2.05) is 0 Å². The smallest absolute Gasteiger partial charge is 0.338 e. The van der Waals surface area contributed by atoms with Crippen LogP contribution in [-0.4, -0.2) is 45.4 Å². The van der Waals surface area contributed by atoms with Gasteiger partial charge in [-0.15, -0.1) is 0 Å². The second kappa shape index (κ2) is 8.41. The van der Waals surface area contributed by atoms with Gasteiger partial charge in [0.25, 0.3) is 15.9 Å². The van der Waals surface area contributed by atoms with Gasteiger partial charge in [-0.1, -0.05) is 23.7 Å². The highest BCUT2D eigenvalue weighted by Gasteiger charge is 2.22. The molecule has 1 amide bonds. The molecule has 144 valence electrons. The average molecular weight is 411 g/mol. The standard InChI is InChI=1S/C18H19ClN2O5S/c1-12(17(22)21(2)3)26-18(23)13-6-4-9-16(10-13)27(24,25)20-15-8-5-7-14(19)11-15/h4-12,20H,1-3H3/t12-/m0/s1. The molecule has 0 saturated heterocycles. The monoisotopic (exact) mass is 410 g/mol. The number of benzene rings is 2. The molecule has 0 spiro atoms. The minimum atomic E-state index is -3.94. The molecule has 1 N–H and O–H groups in total. The molecular weight excluding hydrogens is 392 g/mol. The zero-order chi connectivity index (χ0) is 20.2. The van der Waals surface area contributed by atoms with Gasteiger partial charge in [0, 0.05) is 19.1 Å². The van der Waals surface area contributed by atoms with Gasteiger partial charge >= 0.3 is 5.97 Å². The number of likely N-dealkylation sites (N-methyl/N-ethyl adjacent to an activating group) is 1. The van der Waals surface area contributed by atoms with Gasteiger partial charge < -0.3 is 9.64 Å². The number of rotatable bonds is 6. The lowest BCUT2D eigenvalue weighted by Crippen LogP contribution is -2.34. The van der Waals surface area contributed by atoms with Crippen molar-refractivity contribution in [3.63, 3.8) is 0 Å². The van der Waals surface area contributed by atoms with Crippen LogP contribution in [-0.2, 0) is 19.6 Å². The third-order valence-electron chi connectivity index (χ3n) is 3.53. The molecule has 7 nitrogen and oxygen atoms in total. The molecule has 9 heteroatoms. The molecule has 0 unspecified atom stereocenters. The summed E-state index contributed by atoms with van der Waals surface area (Å²) in [5, 5.41) is 0.382. The van der Waals surface area contributed by atoms with Crippen molar-refractivity contribution in [2.75, 3.05) is 18.8 Å². The van der Waals surface area contributed by atoms with Gasteiger partial charge in [-0.3, -0.25) is 9.52 Å². The van der Waals surface area contributed by atoms with Crippen molar-refractivity contribution in [1.82, 2.24) is 4.90 Å². The molecule has 2 aromatic rings. The SMILES string of the molecule is C[C@H](OC(=O)c1cccc(S(=O)(=O)Nc2cccc(Cl)c2)c1)C(=O)N(C)C. The van der Waals surface area contributed by atoms with Crippen LogP contribution in [0.3, 0.4) is 0 Å². The minimum Gasteiger partial charge on any atom is -0.449 e. The van der Waals surface area contributed by atoms with Crippen LogP contribution in [0.2, 0.25) is 5.02 Å². The summed E-state index contributed by atoms with van der Waals surface area (Å²) in [6.45, 7) is 1.45. The summed E-state index contributed by atoms with van der Waals surface area (Å²) >= 11 is 5.86. The van der Waals surface area contributed by atoms with Crippen LogP contribution in [0, 0.1) is 0 Å². The number of hydrogen-bond donors (Lipinski definition) is 1. The third kappa shape index (κ3) is 5.45. The van der Waals surface area contributed by atoms with Crippen molar-refractivity contribution in [2.45, 2.75) is 17.9 Å². The van der Waals surface area contributed by atoms with Crippen molar-refractivity contribution in [1.29, 1.82) is 0 Å². The maximum absolute atomic E-state index is 12.5. The molecule has 0 heterocycles. The molecule has 2 aromatic carbocycles. The third-order valence-corrected chi connectivity index (χ3v) is 5.14. The lowest BCUT2D eigenvalue weighted by Gasteiger charge is -2.17. The largest absolute Gasteiger partial charge is 0.449 e. The van der Waals surface area contributed by atoms with Crippen LogP contribution < -0.4 is 4.72 Å². The quantitative estimate of drug-likeness (QED) is 0.739. The van der Waals surface area contributed by atoms with Crippen LogP contribution in [0.15, 0.2) is 53.4 Å². The number of ether oxygens (including phenoxy) is 1. The van der Waals surface area contributed by atoms with Gasteiger partial charge in [0.05, 0.1) is 16.1 Å². The molecular formula is C18H19ClN2O5S. The van der Waals surface area contributed by atoms with Crippen LogP contribution in [0.4, 0.5) is 5.69 Å². The number of nitrogens with one attached hydrogen (secondary N) is 1. The summed E-state index contributed by atoms with van der Waals surface area (Å²) in [6, 6.07) is 11.6. The van der Waals surface area contributed by atoms with E-state index in [0.717, 1.165) is 0 Å². The van der Waals surface area contributed by atoms with Crippen LogP contribution in [0.1, 0.15) is 17.3 Å². The molecule has 1 atom stereocenters. The van der Waals surface area contributed by atoms with Gasteiger partial charge in [0.1, 0.15) is 0 Å². The minimum absolute atomic E-state index is 0.0161. The lowest BCUT2D eigenvalue weighted by molar-refractivity contribution is -0.137. The Morgan fingerprint density at radius 2 is 1.78 bits per heavy atom. The molecule has 0 aromatic heterocycles. The van der Waals surface area contributed by atoms with E-state index in [9.17, 15) is 18.0 Å². The molecule has 0 saturated carbocycles. The molecule has 0 bridgehead atoms. The summed E-state index contributed by atoms with van der Waals surface area (Å²) in [5.41, 5.74) is 0.308. The van der Waals surface area contributed by atoms with Crippen LogP contribution in [0.25, 0.3) is 0 Å². The summed E-state index contributed by atoms with van der Waals surface area (Å²) in [5.74, 6) is -1.17. The Hall–Kier alpha value is -2.58. The number of carbonyl (C=O) groups excluding carboxylic acids is 2. The van der Waals surface area contributed by atoms with Crippen LogP contribution in [0.5, 0.6) is 0 Å². The normalized spacial score (nSPS) is 12.1. The molecule has 0 aliphatic heterocycles. The highest BCUT2D eigenvalue weighted by Crippen LogP contribution is 2.20. The van der Waals surface area contributed by atoms with Gasteiger partial charge in [0.15, 0.2) is 6.10 Å². The second-order valence-corrected chi connectivity index (χ2v) is 8.04. The first kappa shape index (κ1) is 20.7. The first-order chi connectivity index (χ1) is 12.6. The number of anilines is 1. The van der Waals surface area contributed by atoms with E-state index < -0.39 is 22.1 Å². The van der Waals surface area contributed by atoms with E-state index in [-0.39, 0.29) is 16.4 Å². The van der Waals surface area contributed by atoms with Crippen molar-refractivity contribution >= 4 is 39.2 Å². The fraction of sp³-hybridized carbons (Fsp3) is 0.222. The molecule has 2 rings (SSSR count). The Morgan fingerprint density at radius 1 is 1.11 bits per heavy atom. The summed E-state index contributed by atoms with van der Waals surface area (Å²) < 4.78 is 32.6. The van der Waals surface area contributed by atoms with Crippen molar-refractivity contribution in [3.8, 4) is 0 Å². The fourth-order valence-corrected chi connectivity index (χ4v) is 3.48. The Balaban J connectivity index is 2.21. The number of sulfonamides is 1. The first-order valence-corrected chi connectivity index (χ1v) is 9.77. The van der Waals surface area contributed by atoms with Crippen molar-refractivity contribution in [2.24, 2.45) is 0 Å². The number of esters is 1. The second-order valence-electron chi connectivity index (χ2n) is 5.92. The fourth-order valence-electron chi connectivity index (χ4n) is 2.20. The number of hydrogen-bond acceptors (Lipinski definition) is 5. The predicted molar refractivity (Wildman–Crippen MR) is 102 cm³/mol. The number of halogens is 1. The Kier molecular flexibility index (Phi) is 6.45. The van der Waals surface area contributed by atoms with Gasteiger partial charge in [0.2, 0.25) is 0 Å². The number of nitrogens with zero attached hydrogens (tertiary/aromatic N) is 1. The Morgan fingerprint density at radius 3 is 2.41 bits per heavy atom. The Labute approximate surface area is 162 Å².